The first kappa shape index (κ1) is 14.3. The maximum Gasteiger partial charge on any atom is 0.228 e. The van der Waals surface area contributed by atoms with Crippen molar-refractivity contribution in [1.82, 2.24) is 5.16 Å². The van der Waals surface area contributed by atoms with Crippen LogP contribution in [0.4, 0.5) is 5.69 Å². The molecule has 4 nitrogen and oxygen atoms in total. The van der Waals surface area contributed by atoms with Crippen LogP contribution in [0.3, 0.4) is 0 Å². The highest BCUT2D eigenvalue weighted by atomic mass is 16.5. The molecular formula is C16H20N2O2. The highest BCUT2D eigenvalue weighted by molar-refractivity contribution is 5.92. The number of benzene rings is 1. The molecule has 20 heavy (non-hydrogen) atoms. The number of nitrogens with one attached hydrogen (secondary N) is 1. The third-order valence-electron chi connectivity index (χ3n) is 3.38. The number of rotatable bonds is 4. The van der Waals surface area contributed by atoms with Gasteiger partial charge < -0.3 is 9.84 Å². The molecule has 0 aliphatic rings. The average molecular weight is 272 g/mol. The van der Waals surface area contributed by atoms with Gasteiger partial charge in [-0.1, -0.05) is 31.1 Å². The Morgan fingerprint density at radius 3 is 2.40 bits per heavy atom. The van der Waals surface area contributed by atoms with Gasteiger partial charge in [0.15, 0.2) is 0 Å². The quantitative estimate of drug-likeness (QED) is 0.925. The largest absolute Gasteiger partial charge is 0.361 e. The van der Waals surface area contributed by atoms with E-state index in [0.29, 0.717) is 11.7 Å². The molecule has 0 aliphatic heterocycles. The number of aromatic nitrogens is 1. The van der Waals surface area contributed by atoms with E-state index in [0.717, 1.165) is 16.9 Å². The number of aryl methyl sites for hydroxylation is 2. The second-order valence-corrected chi connectivity index (χ2v) is 5.30. The van der Waals surface area contributed by atoms with Crippen molar-refractivity contribution in [2.75, 3.05) is 5.32 Å². The Balaban J connectivity index is 2.01. The molecule has 106 valence electrons. The van der Waals surface area contributed by atoms with Gasteiger partial charge in [-0.3, -0.25) is 4.79 Å². The normalized spacial score (nSPS) is 10.8. The van der Waals surface area contributed by atoms with E-state index >= 15 is 0 Å². The molecule has 1 amide bonds. The number of carbonyl (C=O) groups is 1. The van der Waals surface area contributed by atoms with E-state index in [4.69, 9.17) is 4.52 Å². The standard InChI is InChI=1S/C16H20N2O2/c1-10(2)13-5-7-14(8-6-13)17-16(19)9-15-11(3)18-20-12(15)4/h5-8,10H,9H2,1-4H3,(H,17,19). The van der Waals surface area contributed by atoms with Gasteiger partial charge in [0, 0.05) is 11.3 Å². The molecule has 0 unspecified atom stereocenters. The summed E-state index contributed by atoms with van der Waals surface area (Å²) >= 11 is 0. The van der Waals surface area contributed by atoms with Crippen LogP contribution in [-0.4, -0.2) is 11.1 Å². The van der Waals surface area contributed by atoms with Crippen LogP contribution in [0, 0.1) is 13.8 Å². The highest BCUT2D eigenvalue weighted by Crippen LogP contribution is 2.18. The minimum Gasteiger partial charge on any atom is -0.361 e. The van der Waals surface area contributed by atoms with Crippen molar-refractivity contribution < 1.29 is 9.32 Å². The van der Waals surface area contributed by atoms with Gasteiger partial charge in [-0.15, -0.1) is 0 Å². The van der Waals surface area contributed by atoms with Crippen LogP contribution in [0.5, 0.6) is 0 Å². The van der Waals surface area contributed by atoms with E-state index in [2.05, 4.69) is 24.3 Å². The van der Waals surface area contributed by atoms with E-state index in [1.54, 1.807) is 0 Å². The van der Waals surface area contributed by atoms with Crippen molar-refractivity contribution in [3.8, 4) is 0 Å². The predicted molar refractivity (Wildman–Crippen MR) is 78.8 cm³/mol. The van der Waals surface area contributed by atoms with Crippen molar-refractivity contribution in [3.63, 3.8) is 0 Å². The van der Waals surface area contributed by atoms with Crippen molar-refractivity contribution in [2.24, 2.45) is 0 Å². The average Bonchev–Trinajstić information content (AvgIpc) is 2.71. The van der Waals surface area contributed by atoms with Crippen LogP contribution in [0.1, 0.15) is 42.3 Å². The predicted octanol–water partition coefficient (Wildman–Crippen LogP) is 3.60. The SMILES string of the molecule is Cc1noc(C)c1CC(=O)Nc1ccc(C(C)C)cc1. The van der Waals surface area contributed by atoms with Crippen LogP contribution >= 0.6 is 0 Å². The Labute approximate surface area is 119 Å². The maximum absolute atomic E-state index is 12.0. The molecule has 1 aromatic carbocycles. The first-order valence-electron chi connectivity index (χ1n) is 6.79. The molecular weight excluding hydrogens is 252 g/mol. The second-order valence-electron chi connectivity index (χ2n) is 5.30. The second kappa shape index (κ2) is 5.90. The molecule has 1 N–H and O–H groups in total. The summed E-state index contributed by atoms with van der Waals surface area (Å²) in [5, 5.41) is 6.74. The fourth-order valence-electron chi connectivity index (χ4n) is 2.07. The lowest BCUT2D eigenvalue weighted by molar-refractivity contribution is -0.115. The first-order chi connectivity index (χ1) is 9.47. The Hall–Kier alpha value is -2.10. The zero-order valence-corrected chi connectivity index (χ0v) is 12.4. The third kappa shape index (κ3) is 3.26. The minimum atomic E-state index is -0.0586. The van der Waals surface area contributed by atoms with E-state index in [1.807, 2.05) is 38.1 Å². The number of anilines is 1. The Kier molecular flexibility index (Phi) is 4.23. The molecule has 0 saturated carbocycles. The smallest absolute Gasteiger partial charge is 0.228 e. The van der Waals surface area contributed by atoms with Gasteiger partial charge in [0.25, 0.3) is 0 Å². The summed E-state index contributed by atoms with van der Waals surface area (Å²) in [5.41, 5.74) is 3.70. The lowest BCUT2D eigenvalue weighted by Gasteiger charge is -2.08. The van der Waals surface area contributed by atoms with Gasteiger partial charge in [0.05, 0.1) is 12.1 Å². The van der Waals surface area contributed by atoms with Crippen molar-refractivity contribution in [3.05, 3.63) is 46.8 Å². The molecule has 0 radical (unpaired) electrons. The summed E-state index contributed by atoms with van der Waals surface area (Å²) in [6.45, 7) is 7.95. The zero-order valence-electron chi connectivity index (χ0n) is 12.4. The fraction of sp³-hybridized carbons (Fsp3) is 0.375. The van der Waals surface area contributed by atoms with Crippen LogP contribution in [-0.2, 0) is 11.2 Å². The van der Waals surface area contributed by atoms with Gasteiger partial charge in [0.1, 0.15) is 5.76 Å². The molecule has 1 heterocycles. The molecule has 2 rings (SSSR count). The molecule has 0 saturated heterocycles. The molecule has 0 bridgehead atoms. The molecule has 1 aromatic heterocycles. The number of hydrogen-bond donors (Lipinski definition) is 1. The number of carbonyl (C=O) groups excluding carboxylic acids is 1. The summed E-state index contributed by atoms with van der Waals surface area (Å²) < 4.78 is 5.06. The van der Waals surface area contributed by atoms with Gasteiger partial charge in [-0.2, -0.15) is 0 Å². The molecule has 0 fully saturated rings. The maximum atomic E-state index is 12.0. The van der Waals surface area contributed by atoms with E-state index in [1.165, 1.54) is 5.56 Å². The Morgan fingerprint density at radius 2 is 1.90 bits per heavy atom. The van der Waals surface area contributed by atoms with Gasteiger partial charge >= 0.3 is 0 Å². The summed E-state index contributed by atoms with van der Waals surface area (Å²) in [4.78, 5) is 12.0. The van der Waals surface area contributed by atoms with Gasteiger partial charge in [-0.05, 0) is 37.5 Å². The fourth-order valence-corrected chi connectivity index (χ4v) is 2.07. The lowest BCUT2D eigenvalue weighted by Crippen LogP contribution is -2.15. The number of nitrogens with zero attached hydrogens (tertiary/aromatic N) is 1. The van der Waals surface area contributed by atoms with E-state index in [9.17, 15) is 4.79 Å². The molecule has 0 spiro atoms. The number of hydrogen-bond acceptors (Lipinski definition) is 3. The molecule has 4 heteroatoms. The minimum absolute atomic E-state index is 0.0586. The first-order valence-corrected chi connectivity index (χ1v) is 6.79. The van der Waals surface area contributed by atoms with Crippen molar-refractivity contribution in [1.29, 1.82) is 0 Å². The van der Waals surface area contributed by atoms with E-state index in [-0.39, 0.29) is 12.3 Å². The van der Waals surface area contributed by atoms with Crippen LogP contribution in [0.15, 0.2) is 28.8 Å². The Bertz CT molecular complexity index is 578. The molecule has 0 aliphatic carbocycles. The van der Waals surface area contributed by atoms with Crippen LogP contribution in [0.25, 0.3) is 0 Å². The summed E-state index contributed by atoms with van der Waals surface area (Å²) in [6.07, 6.45) is 0.285. The number of amides is 1. The van der Waals surface area contributed by atoms with Crippen molar-refractivity contribution >= 4 is 11.6 Å². The van der Waals surface area contributed by atoms with Crippen molar-refractivity contribution in [2.45, 2.75) is 40.0 Å². The molecule has 2 aromatic rings. The summed E-state index contributed by atoms with van der Waals surface area (Å²) in [5.74, 6) is 1.13. The van der Waals surface area contributed by atoms with Gasteiger partial charge in [-0.25, -0.2) is 0 Å². The summed E-state index contributed by atoms with van der Waals surface area (Å²) in [6, 6.07) is 7.94. The molecule has 0 atom stereocenters. The zero-order chi connectivity index (χ0) is 14.7. The van der Waals surface area contributed by atoms with Crippen LogP contribution in [0.2, 0.25) is 0 Å². The summed E-state index contributed by atoms with van der Waals surface area (Å²) in [7, 11) is 0. The highest BCUT2D eigenvalue weighted by Gasteiger charge is 2.13. The lowest BCUT2D eigenvalue weighted by atomic mass is 10.0. The van der Waals surface area contributed by atoms with E-state index < -0.39 is 0 Å². The third-order valence-corrected chi connectivity index (χ3v) is 3.38. The topological polar surface area (TPSA) is 55.1 Å². The van der Waals surface area contributed by atoms with Gasteiger partial charge in [0.2, 0.25) is 5.91 Å². The van der Waals surface area contributed by atoms with Crippen LogP contribution < -0.4 is 5.32 Å². The monoisotopic (exact) mass is 272 g/mol. The Morgan fingerprint density at radius 1 is 1.25 bits per heavy atom.